The number of carbonyl (C=O) groups is 1. The molecule has 0 atom stereocenters. The lowest BCUT2D eigenvalue weighted by molar-refractivity contribution is -0.116. The minimum atomic E-state index is 0.231. The van der Waals surface area contributed by atoms with Crippen molar-refractivity contribution in [3.8, 4) is 0 Å². The third kappa shape index (κ3) is 3.04. The summed E-state index contributed by atoms with van der Waals surface area (Å²) in [6.07, 6.45) is 1.45. The number of thiophene rings is 1. The molecular formula is C8H9ClOS. The number of hydrogen-bond acceptors (Lipinski definition) is 2. The highest BCUT2D eigenvalue weighted by molar-refractivity contribution is 7.16. The molecule has 60 valence electrons. The third-order valence-corrected chi connectivity index (χ3v) is 2.64. The van der Waals surface area contributed by atoms with Gasteiger partial charge in [-0.3, -0.25) is 0 Å². The first-order chi connectivity index (χ1) is 5.18. The van der Waals surface area contributed by atoms with E-state index in [2.05, 4.69) is 0 Å². The zero-order valence-electron chi connectivity index (χ0n) is 6.26. The van der Waals surface area contributed by atoms with Crippen molar-refractivity contribution in [1.82, 2.24) is 0 Å². The predicted molar refractivity (Wildman–Crippen MR) is 48.3 cm³/mol. The van der Waals surface area contributed by atoms with Crippen LogP contribution in [0.2, 0.25) is 4.34 Å². The van der Waals surface area contributed by atoms with Gasteiger partial charge in [0.15, 0.2) is 0 Å². The lowest BCUT2D eigenvalue weighted by atomic mass is 10.2. The van der Waals surface area contributed by atoms with Gasteiger partial charge in [0.25, 0.3) is 0 Å². The first-order valence-electron chi connectivity index (χ1n) is 3.42. The molecule has 0 saturated carbocycles. The quantitative estimate of drug-likeness (QED) is 0.713. The summed E-state index contributed by atoms with van der Waals surface area (Å²) in [5.41, 5.74) is 0. The van der Waals surface area contributed by atoms with E-state index in [0.29, 0.717) is 6.42 Å². The Kier molecular flexibility index (Phi) is 3.09. The van der Waals surface area contributed by atoms with E-state index in [0.717, 1.165) is 10.8 Å². The van der Waals surface area contributed by atoms with Crippen LogP contribution in [-0.4, -0.2) is 5.78 Å². The lowest BCUT2D eigenvalue weighted by Gasteiger charge is -1.90. The van der Waals surface area contributed by atoms with E-state index < -0.39 is 0 Å². The number of aryl methyl sites for hydroxylation is 1. The van der Waals surface area contributed by atoms with Crippen molar-refractivity contribution in [2.24, 2.45) is 0 Å². The minimum Gasteiger partial charge on any atom is -0.300 e. The van der Waals surface area contributed by atoms with Crippen LogP contribution in [-0.2, 0) is 11.2 Å². The van der Waals surface area contributed by atoms with E-state index in [-0.39, 0.29) is 5.78 Å². The summed E-state index contributed by atoms with van der Waals surface area (Å²) >= 11 is 7.25. The number of rotatable bonds is 3. The molecule has 0 fully saturated rings. The van der Waals surface area contributed by atoms with Crippen molar-refractivity contribution in [3.63, 3.8) is 0 Å². The molecule has 1 nitrogen and oxygen atoms in total. The molecular weight excluding hydrogens is 180 g/mol. The molecule has 0 aliphatic carbocycles. The van der Waals surface area contributed by atoms with Crippen LogP contribution in [0.25, 0.3) is 0 Å². The molecule has 0 spiro atoms. The Morgan fingerprint density at radius 1 is 1.64 bits per heavy atom. The molecule has 1 heterocycles. The number of ketones is 1. The maximum atomic E-state index is 10.6. The van der Waals surface area contributed by atoms with Crippen LogP contribution < -0.4 is 0 Å². The van der Waals surface area contributed by atoms with Crippen molar-refractivity contribution >= 4 is 28.7 Å². The van der Waals surface area contributed by atoms with E-state index in [1.54, 1.807) is 18.3 Å². The third-order valence-electron chi connectivity index (χ3n) is 1.35. The Hall–Kier alpha value is -0.340. The Labute approximate surface area is 75.0 Å². The Morgan fingerprint density at radius 2 is 2.36 bits per heavy atom. The highest BCUT2D eigenvalue weighted by Crippen LogP contribution is 2.22. The predicted octanol–water partition coefficient (Wildman–Crippen LogP) is 2.92. The molecule has 0 bridgehead atoms. The fourth-order valence-electron chi connectivity index (χ4n) is 0.785. The van der Waals surface area contributed by atoms with Crippen LogP contribution in [0.1, 0.15) is 18.2 Å². The van der Waals surface area contributed by atoms with Crippen molar-refractivity contribution < 1.29 is 4.79 Å². The summed E-state index contributed by atoms with van der Waals surface area (Å²) in [7, 11) is 0. The van der Waals surface area contributed by atoms with Gasteiger partial charge in [-0.15, -0.1) is 11.3 Å². The molecule has 0 aliphatic rings. The average Bonchev–Trinajstić information content (AvgIpc) is 2.31. The molecule has 0 aliphatic heterocycles. The van der Waals surface area contributed by atoms with Crippen LogP contribution in [0.15, 0.2) is 12.1 Å². The van der Waals surface area contributed by atoms with Gasteiger partial charge in [0.2, 0.25) is 0 Å². The number of Topliss-reactive ketones (excluding diaryl/α,β-unsaturated/α-hetero) is 1. The molecule has 11 heavy (non-hydrogen) atoms. The molecule has 1 rings (SSSR count). The number of hydrogen-bond donors (Lipinski definition) is 0. The molecule has 0 N–H and O–H groups in total. The van der Waals surface area contributed by atoms with E-state index in [1.807, 2.05) is 12.1 Å². The van der Waals surface area contributed by atoms with Gasteiger partial charge in [0.1, 0.15) is 5.78 Å². The molecule has 0 saturated heterocycles. The highest BCUT2D eigenvalue weighted by Gasteiger charge is 1.99. The first-order valence-corrected chi connectivity index (χ1v) is 4.61. The van der Waals surface area contributed by atoms with E-state index in [4.69, 9.17) is 11.6 Å². The lowest BCUT2D eigenvalue weighted by Crippen LogP contribution is -1.91. The zero-order chi connectivity index (χ0) is 8.27. The highest BCUT2D eigenvalue weighted by atomic mass is 35.5. The summed E-state index contributed by atoms with van der Waals surface area (Å²) in [5, 5.41) is 0. The van der Waals surface area contributed by atoms with Gasteiger partial charge in [-0.25, -0.2) is 0 Å². The van der Waals surface area contributed by atoms with Crippen molar-refractivity contribution in [2.75, 3.05) is 0 Å². The van der Waals surface area contributed by atoms with Crippen molar-refractivity contribution in [3.05, 3.63) is 21.3 Å². The maximum absolute atomic E-state index is 10.6. The van der Waals surface area contributed by atoms with Gasteiger partial charge in [-0.1, -0.05) is 11.6 Å². The first kappa shape index (κ1) is 8.75. The van der Waals surface area contributed by atoms with Crippen LogP contribution in [0.4, 0.5) is 0 Å². The maximum Gasteiger partial charge on any atom is 0.130 e. The Morgan fingerprint density at radius 3 is 2.82 bits per heavy atom. The number of halogens is 1. The van der Waals surface area contributed by atoms with Crippen LogP contribution in [0.3, 0.4) is 0 Å². The van der Waals surface area contributed by atoms with Crippen LogP contribution >= 0.6 is 22.9 Å². The second kappa shape index (κ2) is 3.88. The second-order valence-electron chi connectivity index (χ2n) is 2.41. The van der Waals surface area contributed by atoms with E-state index in [1.165, 1.54) is 4.88 Å². The summed E-state index contributed by atoms with van der Waals surface area (Å²) in [6.45, 7) is 1.61. The van der Waals surface area contributed by atoms with Gasteiger partial charge < -0.3 is 4.79 Å². The summed E-state index contributed by atoms with van der Waals surface area (Å²) in [4.78, 5) is 11.8. The normalized spacial score (nSPS) is 10.0. The summed E-state index contributed by atoms with van der Waals surface area (Å²) in [6, 6.07) is 3.83. The fraction of sp³-hybridized carbons (Fsp3) is 0.375. The van der Waals surface area contributed by atoms with Gasteiger partial charge >= 0.3 is 0 Å². The topological polar surface area (TPSA) is 17.1 Å². The van der Waals surface area contributed by atoms with E-state index in [9.17, 15) is 4.79 Å². The Balaban J connectivity index is 2.45. The molecule has 0 amide bonds. The molecule has 0 aromatic carbocycles. The minimum absolute atomic E-state index is 0.231. The second-order valence-corrected chi connectivity index (χ2v) is 4.21. The standard InChI is InChI=1S/C8H9ClOS/c1-6(10)2-3-7-4-5-8(9)11-7/h4-5H,2-3H2,1H3. The molecule has 1 aromatic rings. The van der Waals surface area contributed by atoms with Crippen LogP contribution in [0.5, 0.6) is 0 Å². The SMILES string of the molecule is CC(=O)CCc1ccc(Cl)s1. The molecule has 3 heteroatoms. The van der Waals surface area contributed by atoms with Crippen molar-refractivity contribution in [2.45, 2.75) is 19.8 Å². The molecule has 0 unspecified atom stereocenters. The van der Waals surface area contributed by atoms with E-state index >= 15 is 0 Å². The number of carbonyl (C=O) groups excluding carboxylic acids is 1. The van der Waals surface area contributed by atoms with Gasteiger partial charge in [0, 0.05) is 11.3 Å². The van der Waals surface area contributed by atoms with Gasteiger partial charge in [0.05, 0.1) is 4.34 Å². The molecule has 1 aromatic heterocycles. The zero-order valence-corrected chi connectivity index (χ0v) is 7.84. The molecule has 0 radical (unpaired) electrons. The van der Waals surface area contributed by atoms with Gasteiger partial charge in [-0.05, 0) is 25.5 Å². The summed E-state index contributed by atoms with van der Waals surface area (Å²) < 4.78 is 0.795. The Bertz CT molecular complexity index is 254. The van der Waals surface area contributed by atoms with Crippen molar-refractivity contribution in [1.29, 1.82) is 0 Å². The summed E-state index contributed by atoms with van der Waals surface area (Å²) in [5.74, 6) is 0.231. The monoisotopic (exact) mass is 188 g/mol. The largest absolute Gasteiger partial charge is 0.300 e. The average molecular weight is 189 g/mol. The van der Waals surface area contributed by atoms with Gasteiger partial charge in [-0.2, -0.15) is 0 Å². The fourth-order valence-corrected chi connectivity index (χ4v) is 1.87. The smallest absolute Gasteiger partial charge is 0.130 e. The van der Waals surface area contributed by atoms with Crippen LogP contribution in [0, 0.1) is 0 Å².